The van der Waals surface area contributed by atoms with Gasteiger partial charge in [-0.2, -0.15) is 0 Å². The van der Waals surface area contributed by atoms with Gasteiger partial charge in [-0.25, -0.2) is 0 Å². The molecule has 1 fully saturated rings. The number of carbonyl (C=O) groups excluding carboxylic acids is 2. The van der Waals surface area contributed by atoms with Crippen molar-refractivity contribution >= 4 is 23.5 Å². The van der Waals surface area contributed by atoms with Crippen LogP contribution in [0.3, 0.4) is 0 Å². The van der Waals surface area contributed by atoms with E-state index in [0.717, 1.165) is 17.7 Å². The summed E-state index contributed by atoms with van der Waals surface area (Å²) in [4.78, 5) is 24.6. The number of benzene rings is 1. The molecule has 19 heavy (non-hydrogen) atoms. The van der Waals surface area contributed by atoms with Crippen molar-refractivity contribution in [3.05, 3.63) is 35.9 Å². The second-order valence-corrected chi connectivity index (χ2v) is 5.98. The Hall–Kier alpha value is -1.29. The van der Waals surface area contributed by atoms with Gasteiger partial charge in [0.1, 0.15) is 0 Å². The smallest absolute Gasteiger partial charge is 0.330 e. The van der Waals surface area contributed by atoms with Gasteiger partial charge in [0, 0.05) is 12.8 Å². The van der Waals surface area contributed by atoms with Crippen molar-refractivity contribution in [2.24, 2.45) is 0 Å². The maximum absolute atomic E-state index is 12.3. The third-order valence-corrected chi connectivity index (χ3v) is 4.77. The third-order valence-electron chi connectivity index (χ3n) is 3.25. The normalized spacial score (nSPS) is 23.1. The maximum Gasteiger partial charge on any atom is 0.330 e. The zero-order valence-electron chi connectivity index (χ0n) is 11.1. The highest BCUT2D eigenvalue weighted by Crippen LogP contribution is 2.38. The van der Waals surface area contributed by atoms with E-state index in [1.807, 2.05) is 30.3 Å². The highest BCUT2D eigenvalue weighted by atomic mass is 32.2. The minimum Gasteiger partial charge on any atom is -0.465 e. The second kappa shape index (κ2) is 6.24. The molecular formula is C15H18O3S. The van der Waals surface area contributed by atoms with Crippen molar-refractivity contribution < 1.29 is 14.3 Å². The lowest BCUT2D eigenvalue weighted by Gasteiger charge is -2.32. The van der Waals surface area contributed by atoms with Crippen LogP contribution in [0.2, 0.25) is 0 Å². The largest absolute Gasteiger partial charge is 0.465 e. The Kier molecular flexibility index (Phi) is 4.64. The number of ether oxygens (including phenoxy) is 1. The lowest BCUT2D eigenvalue weighted by Crippen LogP contribution is -2.49. The van der Waals surface area contributed by atoms with Crippen LogP contribution in [0.1, 0.15) is 25.3 Å². The standard InChI is InChI=1S/C15H18O3S/c1-2-18-14(17)15(13(16)9-6-10-19-15)11-12-7-4-3-5-8-12/h3-5,7-8H,2,6,9-11H2,1H3. The Morgan fingerprint density at radius 2 is 2.11 bits per heavy atom. The number of esters is 1. The van der Waals surface area contributed by atoms with Crippen LogP contribution in [-0.4, -0.2) is 28.9 Å². The highest BCUT2D eigenvalue weighted by Gasteiger charge is 2.48. The van der Waals surface area contributed by atoms with Crippen LogP contribution < -0.4 is 0 Å². The molecule has 1 aliphatic heterocycles. The van der Waals surface area contributed by atoms with E-state index in [1.165, 1.54) is 11.8 Å². The van der Waals surface area contributed by atoms with Crippen molar-refractivity contribution in [3.63, 3.8) is 0 Å². The van der Waals surface area contributed by atoms with Gasteiger partial charge in [-0.3, -0.25) is 9.59 Å². The first-order valence-corrected chi connectivity index (χ1v) is 7.56. The topological polar surface area (TPSA) is 43.4 Å². The summed E-state index contributed by atoms with van der Waals surface area (Å²) in [6, 6.07) is 9.67. The van der Waals surface area contributed by atoms with E-state index < -0.39 is 4.75 Å². The third kappa shape index (κ3) is 3.00. The quantitative estimate of drug-likeness (QED) is 0.627. The monoisotopic (exact) mass is 278 g/mol. The molecule has 1 unspecified atom stereocenters. The predicted octanol–water partition coefficient (Wildman–Crippen LogP) is 2.63. The minimum absolute atomic E-state index is 0.00560. The molecule has 1 saturated heterocycles. The molecule has 1 heterocycles. The van der Waals surface area contributed by atoms with Crippen LogP contribution in [-0.2, 0) is 20.7 Å². The Balaban J connectivity index is 2.28. The van der Waals surface area contributed by atoms with Crippen LogP contribution in [0, 0.1) is 0 Å². The predicted molar refractivity (Wildman–Crippen MR) is 76.2 cm³/mol. The number of rotatable bonds is 4. The first-order chi connectivity index (χ1) is 9.19. The van der Waals surface area contributed by atoms with E-state index in [2.05, 4.69) is 0 Å². The van der Waals surface area contributed by atoms with Crippen LogP contribution in [0.15, 0.2) is 30.3 Å². The molecule has 0 N–H and O–H groups in total. The van der Waals surface area contributed by atoms with Gasteiger partial charge in [-0.05, 0) is 24.7 Å². The zero-order valence-corrected chi connectivity index (χ0v) is 11.9. The molecule has 0 aromatic heterocycles. The lowest BCUT2D eigenvalue weighted by molar-refractivity contribution is -0.149. The van der Waals surface area contributed by atoms with Crippen molar-refractivity contribution in [2.75, 3.05) is 12.4 Å². The average molecular weight is 278 g/mol. The minimum atomic E-state index is -1.03. The molecule has 4 heteroatoms. The van der Waals surface area contributed by atoms with Crippen LogP contribution in [0.25, 0.3) is 0 Å². The molecule has 0 saturated carbocycles. The molecule has 3 nitrogen and oxygen atoms in total. The summed E-state index contributed by atoms with van der Waals surface area (Å²) in [6.07, 6.45) is 1.74. The fourth-order valence-electron chi connectivity index (χ4n) is 2.29. The number of hydrogen-bond acceptors (Lipinski definition) is 4. The van der Waals surface area contributed by atoms with Crippen LogP contribution >= 0.6 is 11.8 Å². The molecule has 1 aliphatic rings. The molecule has 2 rings (SSSR count). The Labute approximate surface area is 117 Å². The molecule has 1 aromatic carbocycles. The fraction of sp³-hybridized carbons (Fsp3) is 0.467. The van der Waals surface area contributed by atoms with E-state index in [-0.39, 0.29) is 11.8 Å². The summed E-state index contributed by atoms with van der Waals surface area (Å²) < 4.78 is 4.11. The average Bonchev–Trinajstić information content (AvgIpc) is 2.43. The fourth-order valence-corrected chi connectivity index (χ4v) is 3.63. The summed E-state index contributed by atoms with van der Waals surface area (Å²) in [5.74, 6) is 0.455. The van der Waals surface area contributed by atoms with Crippen LogP contribution in [0.4, 0.5) is 0 Å². The van der Waals surface area contributed by atoms with E-state index in [1.54, 1.807) is 6.92 Å². The molecule has 0 radical (unpaired) electrons. The summed E-state index contributed by atoms with van der Waals surface area (Å²) in [6.45, 7) is 2.08. The van der Waals surface area contributed by atoms with Gasteiger partial charge in [-0.1, -0.05) is 30.3 Å². The SMILES string of the molecule is CCOC(=O)C1(Cc2ccccc2)SCCCC1=O. The van der Waals surface area contributed by atoms with E-state index in [0.29, 0.717) is 19.4 Å². The number of thioether (sulfide) groups is 1. The van der Waals surface area contributed by atoms with E-state index >= 15 is 0 Å². The van der Waals surface area contributed by atoms with Crippen molar-refractivity contribution in [1.82, 2.24) is 0 Å². The molecule has 0 amide bonds. The van der Waals surface area contributed by atoms with Gasteiger partial charge < -0.3 is 4.74 Å². The second-order valence-electron chi connectivity index (χ2n) is 4.59. The Bertz CT molecular complexity index is 458. The van der Waals surface area contributed by atoms with Crippen molar-refractivity contribution in [1.29, 1.82) is 0 Å². The lowest BCUT2D eigenvalue weighted by atomic mass is 9.91. The number of ketones is 1. The highest BCUT2D eigenvalue weighted by molar-refractivity contribution is 8.02. The van der Waals surface area contributed by atoms with E-state index in [9.17, 15) is 9.59 Å². The van der Waals surface area contributed by atoms with Gasteiger partial charge in [0.25, 0.3) is 0 Å². The zero-order chi connectivity index (χ0) is 13.7. The molecule has 1 atom stereocenters. The first-order valence-electron chi connectivity index (χ1n) is 6.57. The molecule has 0 spiro atoms. The summed E-state index contributed by atoms with van der Waals surface area (Å²) >= 11 is 1.44. The number of Topliss-reactive ketones (excluding diaryl/α,β-unsaturated/α-hetero) is 1. The number of carbonyl (C=O) groups is 2. The Morgan fingerprint density at radius 3 is 2.74 bits per heavy atom. The van der Waals surface area contributed by atoms with Crippen molar-refractivity contribution in [2.45, 2.75) is 30.9 Å². The summed E-state index contributed by atoms with van der Waals surface area (Å²) in [5.41, 5.74) is 0.998. The molecule has 102 valence electrons. The van der Waals surface area contributed by atoms with Gasteiger partial charge in [0.2, 0.25) is 0 Å². The van der Waals surface area contributed by atoms with E-state index in [4.69, 9.17) is 4.74 Å². The summed E-state index contributed by atoms with van der Waals surface area (Å²) in [5, 5.41) is 0. The first kappa shape index (κ1) is 14.1. The molecule has 1 aromatic rings. The van der Waals surface area contributed by atoms with Gasteiger partial charge in [-0.15, -0.1) is 11.8 Å². The molecular weight excluding hydrogens is 260 g/mol. The summed E-state index contributed by atoms with van der Waals surface area (Å²) in [7, 11) is 0. The maximum atomic E-state index is 12.3. The molecule has 0 bridgehead atoms. The van der Waals surface area contributed by atoms with Gasteiger partial charge in [0.05, 0.1) is 6.61 Å². The van der Waals surface area contributed by atoms with Gasteiger partial charge in [0.15, 0.2) is 10.5 Å². The molecule has 0 aliphatic carbocycles. The van der Waals surface area contributed by atoms with Gasteiger partial charge >= 0.3 is 5.97 Å². The van der Waals surface area contributed by atoms with Crippen LogP contribution in [0.5, 0.6) is 0 Å². The van der Waals surface area contributed by atoms with Crippen molar-refractivity contribution in [3.8, 4) is 0 Å². The number of hydrogen-bond donors (Lipinski definition) is 0. The Morgan fingerprint density at radius 1 is 1.37 bits per heavy atom.